The van der Waals surface area contributed by atoms with E-state index in [0.717, 1.165) is 21.5 Å². The molecule has 122 valence electrons. The van der Waals surface area contributed by atoms with Gasteiger partial charge in [-0.05, 0) is 41.1 Å². The number of benzene rings is 1. The summed E-state index contributed by atoms with van der Waals surface area (Å²) in [5.41, 5.74) is 5.24. The van der Waals surface area contributed by atoms with E-state index in [2.05, 4.69) is 20.4 Å². The number of amidine groups is 2. The van der Waals surface area contributed by atoms with Crippen LogP contribution in [0.3, 0.4) is 0 Å². The quantitative estimate of drug-likeness (QED) is 0.910. The third-order valence-corrected chi connectivity index (χ3v) is 4.99. The summed E-state index contributed by atoms with van der Waals surface area (Å²) in [7, 11) is 0. The highest BCUT2D eigenvalue weighted by molar-refractivity contribution is 8.26. The summed E-state index contributed by atoms with van der Waals surface area (Å²) in [5.74, 6) is -0.421. The van der Waals surface area contributed by atoms with Gasteiger partial charge in [0.15, 0.2) is 10.3 Å². The lowest BCUT2D eigenvalue weighted by atomic mass is 10.1. The van der Waals surface area contributed by atoms with Crippen molar-refractivity contribution in [2.24, 2.45) is 9.98 Å². The van der Waals surface area contributed by atoms with Crippen LogP contribution in [0, 0.1) is 5.82 Å². The van der Waals surface area contributed by atoms with E-state index >= 15 is 0 Å². The molecule has 1 saturated heterocycles. The van der Waals surface area contributed by atoms with Gasteiger partial charge in [-0.25, -0.2) is 4.39 Å². The molecule has 24 heavy (non-hydrogen) atoms. The number of pyridine rings is 1. The van der Waals surface area contributed by atoms with E-state index in [4.69, 9.17) is 11.6 Å². The molecule has 8 heteroatoms. The van der Waals surface area contributed by atoms with Crippen LogP contribution in [0.2, 0.25) is 5.02 Å². The Kier molecular flexibility index (Phi) is 4.12. The van der Waals surface area contributed by atoms with Crippen LogP contribution in [-0.4, -0.2) is 26.9 Å². The van der Waals surface area contributed by atoms with Gasteiger partial charge in [-0.2, -0.15) is 0 Å². The van der Waals surface area contributed by atoms with Crippen LogP contribution in [-0.2, 0) is 6.54 Å². The maximum Gasteiger partial charge on any atom is 0.186 e. The minimum atomic E-state index is -0.421. The Labute approximate surface area is 147 Å². The van der Waals surface area contributed by atoms with E-state index in [1.54, 1.807) is 18.3 Å². The largest absolute Gasteiger partial charge is 0.274 e. The van der Waals surface area contributed by atoms with Gasteiger partial charge in [0.25, 0.3) is 0 Å². The summed E-state index contributed by atoms with van der Waals surface area (Å²) in [4.78, 5) is 13.2. The number of halogens is 2. The van der Waals surface area contributed by atoms with E-state index < -0.39 is 5.82 Å². The number of thioether (sulfide) groups is 1. The number of fused-ring (bicyclic) bond motifs is 1. The summed E-state index contributed by atoms with van der Waals surface area (Å²) in [6, 6.07) is 8.71. The summed E-state index contributed by atoms with van der Waals surface area (Å²) in [6.45, 7) is 1.12. The molecule has 2 aliphatic heterocycles. The standard InChI is InChI=1S/C16H13ClFN5S/c17-12-6-10(3-4-13(12)18)7-20-15-22-23-14(9-21-16(23)24-15)11-2-1-5-19-8-11/h1-6,8,14H,7,9H2,(H,20,22). The van der Waals surface area contributed by atoms with E-state index in [0.29, 0.717) is 13.1 Å². The minimum absolute atomic E-state index is 0.112. The Hall–Kier alpha value is -2.12. The maximum absolute atomic E-state index is 13.2. The van der Waals surface area contributed by atoms with Gasteiger partial charge in [-0.1, -0.05) is 23.7 Å². The molecule has 1 unspecified atom stereocenters. The Balaban J connectivity index is 1.47. The molecule has 5 nitrogen and oxygen atoms in total. The second-order valence-corrected chi connectivity index (χ2v) is 6.74. The van der Waals surface area contributed by atoms with Crippen molar-refractivity contribution in [2.75, 3.05) is 6.54 Å². The second kappa shape index (κ2) is 6.41. The lowest BCUT2D eigenvalue weighted by Gasteiger charge is -2.21. The number of hydrogen-bond acceptors (Lipinski definition) is 5. The molecule has 0 saturated carbocycles. The van der Waals surface area contributed by atoms with E-state index in [9.17, 15) is 4.39 Å². The fourth-order valence-corrected chi connectivity index (χ4v) is 3.63. The maximum atomic E-state index is 13.2. The zero-order valence-corrected chi connectivity index (χ0v) is 14.1. The number of rotatable bonds is 3. The average molecular weight is 362 g/mol. The van der Waals surface area contributed by atoms with Crippen molar-refractivity contribution in [3.8, 4) is 0 Å². The zero-order valence-electron chi connectivity index (χ0n) is 12.5. The fourth-order valence-electron chi connectivity index (χ4n) is 2.57. The second-order valence-electron chi connectivity index (χ2n) is 5.38. The molecule has 0 spiro atoms. The lowest BCUT2D eigenvalue weighted by Crippen LogP contribution is -2.37. The summed E-state index contributed by atoms with van der Waals surface area (Å²) in [6.07, 6.45) is 3.61. The van der Waals surface area contributed by atoms with Crippen molar-refractivity contribution in [1.29, 1.82) is 0 Å². The molecule has 1 N–H and O–H groups in total. The number of nitrogens with one attached hydrogen (secondary N) is 1. The number of aliphatic imine (C=N–C) groups is 2. The number of aromatic nitrogens is 1. The first-order chi connectivity index (χ1) is 11.7. The van der Waals surface area contributed by atoms with Gasteiger partial charge in [-0.3, -0.25) is 25.4 Å². The van der Waals surface area contributed by atoms with Gasteiger partial charge >= 0.3 is 0 Å². The lowest BCUT2D eigenvalue weighted by molar-refractivity contribution is 0.322. The van der Waals surface area contributed by atoms with Crippen LogP contribution in [0.4, 0.5) is 4.39 Å². The molecule has 1 aromatic carbocycles. The van der Waals surface area contributed by atoms with Crippen molar-refractivity contribution in [2.45, 2.75) is 12.6 Å². The van der Waals surface area contributed by atoms with Gasteiger partial charge in [-0.15, -0.1) is 0 Å². The van der Waals surface area contributed by atoms with Crippen LogP contribution >= 0.6 is 23.4 Å². The highest BCUT2D eigenvalue weighted by Gasteiger charge is 2.36. The first-order valence-electron chi connectivity index (χ1n) is 7.37. The van der Waals surface area contributed by atoms with Crippen LogP contribution in [0.5, 0.6) is 0 Å². The SMILES string of the molecule is Fc1ccc(CN=C2NN3C(=NCC3c3cccnc3)S2)cc1Cl. The molecule has 0 bridgehead atoms. The third kappa shape index (κ3) is 2.97. The van der Waals surface area contributed by atoms with Gasteiger partial charge < -0.3 is 0 Å². The topological polar surface area (TPSA) is 52.9 Å². The molecular formula is C16H13ClFN5S. The highest BCUT2D eigenvalue weighted by atomic mass is 35.5. The number of nitrogens with zero attached hydrogens (tertiary/aromatic N) is 4. The molecule has 2 aromatic rings. The Morgan fingerprint density at radius 2 is 2.33 bits per heavy atom. The van der Waals surface area contributed by atoms with Crippen molar-refractivity contribution < 1.29 is 4.39 Å². The van der Waals surface area contributed by atoms with E-state index in [1.165, 1.54) is 17.8 Å². The first kappa shape index (κ1) is 15.4. The van der Waals surface area contributed by atoms with Gasteiger partial charge in [0.2, 0.25) is 0 Å². The first-order valence-corrected chi connectivity index (χ1v) is 8.56. The Morgan fingerprint density at radius 1 is 1.42 bits per heavy atom. The molecule has 3 heterocycles. The molecule has 0 aliphatic carbocycles. The molecule has 1 atom stereocenters. The predicted molar refractivity (Wildman–Crippen MR) is 94.4 cm³/mol. The fraction of sp³-hybridized carbons (Fsp3) is 0.188. The Morgan fingerprint density at radius 3 is 3.12 bits per heavy atom. The minimum Gasteiger partial charge on any atom is -0.274 e. The predicted octanol–water partition coefficient (Wildman–Crippen LogP) is 3.39. The summed E-state index contributed by atoms with van der Waals surface area (Å²) >= 11 is 7.29. The molecular weight excluding hydrogens is 349 g/mol. The van der Waals surface area contributed by atoms with Crippen LogP contribution < -0.4 is 5.43 Å². The van der Waals surface area contributed by atoms with Crippen LogP contribution in [0.15, 0.2) is 52.7 Å². The molecule has 2 aliphatic rings. The van der Waals surface area contributed by atoms with Gasteiger partial charge in [0, 0.05) is 12.4 Å². The molecule has 0 amide bonds. The number of hydrogen-bond donors (Lipinski definition) is 1. The molecule has 0 radical (unpaired) electrons. The monoisotopic (exact) mass is 361 g/mol. The molecule has 1 aromatic heterocycles. The normalized spacial score (nSPS) is 20.9. The third-order valence-electron chi connectivity index (χ3n) is 3.78. The van der Waals surface area contributed by atoms with Gasteiger partial charge in [0.05, 0.1) is 24.2 Å². The van der Waals surface area contributed by atoms with E-state index in [-0.39, 0.29) is 11.1 Å². The van der Waals surface area contributed by atoms with Crippen molar-refractivity contribution >= 4 is 33.7 Å². The molecule has 1 fully saturated rings. The summed E-state index contributed by atoms with van der Waals surface area (Å²) < 4.78 is 13.2. The van der Waals surface area contributed by atoms with Crippen LogP contribution in [0.25, 0.3) is 0 Å². The molecule has 4 rings (SSSR count). The smallest absolute Gasteiger partial charge is 0.186 e. The summed E-state index contributed by atoms with van der Waals surface area (Å²) in [5, 5.41) is 3.79. The average Bonchev–Trinajstić information content (AvgIpc) is 3.17. The Bertz CT molecular complexity index is 826. The van der Waals surface area contributed by atoms with Crippen molar-refractivity contribution in [1.82, 2.24) is 15.4 Å². The van der Waals surface area contributed by atoms with Crippen molar-refractivity contribution in [3.05, 3.63) is 64.7 Å². The van der Waals surface area contributed by atoms with Crippen LogP contribution in [0.1, 0.15) is 17.2 Å². The highest BCUT2D eigenvalue weighted by Crippen LogP contribution is 2.32. The van der Waals surface area contributed by atoms with Crippen molar-refractivity contribution in [3.63, 3.8) is 0 Å². The number of hydrazine groups is 1. The zero-order chi connectivity index (χ0) is 16.5. The van der Waals surface area contributed by atoms with E-state index in [1.807, 2.05) is 23.3 Å². The van der Waals surface area contributed by atoms with Gasteiger partial charge in [0.1, 0.15) is 5.82 Å².